The molecule has 3 heterocycles. The van der Waals surface area contributed by atoms with Gasteiger partial charge in [0, 0.05) is 30.2 Å². The molecule has 2 N–H and O–H groups in total. The highest BCUT2D eigenvalue weighted by atomic mass is 16.6. The minimum absolute atomic E-state index is 0.0174. The number of benzene rings is 1. The van der Waals surface area contributed by atoms with Crippen LogP contribution in [0.15, 0.2) is 42.5 Å². The molecule has 4 aliphatic rings. The summed E-state index contributed by atoms with van der Waals surface area (Å²) < 4.78 is 12.5. The first-order valence-corrected chi connectivity index (χ1v) is 12.8. The molecule has 0 aromatic heterocycles. The summed E-state index contributed by atoms with van der Waals surface area (Å²) >= 11 is 0. The summed E-state index contributed by atoms with van der Waals surface area (Å²) in [7, 11) is 0. The highest BCUT2D eigenvalue weighted by Gasteiger charge is 2.78. The Morgan fingerprint density at radius 1 is 1.14 bits per heavy atom. The first-order chi connectivity index (χ1) is 16.7. The molecular weight excluding hydrogens is 446 g/mol. The highest BCUT2D eigenvalue weighted by molar-refractivity contribution is 5.92. The quantitative estimate of drug-likeness (QED) is 0.391. The summed E-state index contributed by atoms with van der Waals surface area (Å²) in [5.41, 5.74) is -0.682. The maximum absolute atomic E-state index is 13.8. The van der Waals surface area contributed by atoms with Crippen molar-refractivity contribution in [3.8, 4) is 0 Å². The van der Waals surface area contributed by atoms with E-state index < -0.39 is 29.0 Å². The number of Topliss-reactive ketones (excluding diaryl/α,β-unsaturated/α-hetero) is 1. The van der Waals surface area contributed by atoms with Gasteiger partial charge in [0.25, 0.3) is 5.91 Å². The molecule has 188 valence electrons. The van der Waals surface area contributed by atoms with E-state index >= 15 is 0 Å². The van der Waals surface area contributed by atoms with Gasteiger partial charge < -0.3 is 19.9 Å². The Hall–Kier alpha value is -2.51. The Morgan fingerprint density at radius 2 is 1.89 bits per heavy atom. The smallest absolute Gasteiger partial charge is 0.306 e. The highest BCUT2D eigenvalue weighted by Crippen LogP contribution is 2.63. The molecule has 7 nitrogen and oxygen atoms in total. The van der Waals surface area contributed by atoms with Gasteiger partial charge in [0.15, 0.2) is 0 Å². The largest absolute Gasteiger partial charge is 0.448 e. The van der Waals surface area contributed by atoms with Crippen LogP contribution in [0.3, 0.4) is 0 Å². The second kappa shape index (κ2) is 8.86. The first kappa shape index (κ1) is 24.2. The number of hydrogen-bond acceptors (Lipinski definition) is 6. The maximum atomic E-state index is 13.8. The second-order valence-corrected chi connectivity index (χ2v) is 11.0. The molecule has 1 saturated carbocycles. The van der Waals surface area contributed by atoms with E-state index in [0.717, 1.165) is 5.56 Å². The number of carbonyl (C=O) groups excluding carboxylic acids is 3. The maximum Gasteiger partial charge on any atom is 0.306 e. The van der Waals surface area contributed by atoms with Gasteiger partial charge in [0.1, 0.15) is 5.78 Å². The van der Waals surface area contributed by atoms with Crippen molar-refractivity contribution in [2.24, 2.45) is 29.6 Å². The fourth-order valence-electron chi connectivity index (χ4n) is 6.79. The lowest BCUT2D eigenvalue weighted by atomic mass is 9.59. The van der Waals surface area contributed by atoms with E-state index in [1.807, 2.05) is 42.5 Å². The van der Waals surface area contributed by atoms with Crippen LogP contribution in [0, 0.1) is 29.6 Å². The van der Waals surface area contributed by atoms with Crippen LogP contribution < -0.4 is 5.32 Å². The third-order valence-corrected chi connectivity index (χ3v) is 8.99. The third kappa shape index (κ3) is 3.84. The standard InChI is InChI=1S/C28H35NO6/c1-16-12-13-22(31)34-28-20(11-7-10-19(15-30)24(16)32)25-27(3,35-25)17(2)23(28)21(29-26(28)33)14-18-8-5-4-6-9-18/h4-9,11,16-17,19-21,23,25,30H,10,12-15H2,1-3H3,(H,29,33)/b11-7+. The number of hydrogen-bond donors (Lipinski definition) is 2. The zero-order chi connectivity index (χ0) is 25.0. The minimum atomic E-state index is -1.37. The Morgan fingerprint density at radius 3 is 2.60 bits per heavy atom. The number of ketones is 1. The summed E-state index contributed by atoms with van der Waals surface area (Å²) in [5.74, 6) is -2.45. The molecule has 0 bridgehead atoms. The number of aliphatic hydroxyl groups excluding tert-OH is 1. The molecule has 3 aliphatic heterocycles. The molecule has 2 saturated heterocycles. The van der Waals surface area contributed by atoms with Crippen LogP contribution in [0.4, 0.5) is 0 Å². The van der Waals surface area contributed by atoms with E-state index in [-0.39, 0.29) is 54.6 Å². The average molecular weight is 482 g/mol. The number of allylic oxidation sites excluding steroid dienone is 1. The fraction of sp³-hybridized carbons (Fsp3) is 0.607. The fourth-order valence-corrected chi connectivity index (χ4v) is 6.79. The van der Waals surface area contributed by atoms with Crippen LogP contribution >= 0.6 is 0 Å². The number of ether oxygens (including phenoxy) is 2. The third-order valence-electron chi connectivity index (χ3n) is 8.99. The van der Waals surface area contributed by atoms with Gasteiger partial charge >= 0.3 is 5.97 Å². The molecule has 9 unspecified atom stereocenters. The zero-order valence-electron chi connectivity index (χ0n) is 20.6. The van der Waals surface area contributed by atoms with Gasteiger partial charge in [-0.25, -0.2) is 0 Å². The van der Waals surface area contributed by atoms with Crippen LogP contribution in [-0.2, 0) is 30.3 Å². The Bertz CT molecular complexity index is 1040. The molecule has 1 aliphatic carbocycles. The molecule has 9 atom stereocenters. The molecule has 7 heteroatoms. The summed E-state index contributed by atoms with van der Waals surface area (Å²) in [4.78, 5) is 39.8. The number of rotatable bonds is 3. The van der Waals surface area contributed by atoms with Crippen molar-refractivity contribution >= 4 is 17.7 Å². The number of amides is 1. The van der Waals surface area contributed by atoms with Crippen molar-refractivity contribution in [2.75, 3.05) is 6.61 Å². The van der Waals surface area contributed by atoms with Crippen molar-refractivity contribution < 1.29 is 29.0 Å². The van der Waals surface area contributed by atoms with Gasteiger partial charge in [0.05, 0.1) is 24.2 Å². The van der Waals surface area contributed by atoms with Crippen LogP contribution in [-0.4, -0.2) is 52.7 Å². The summed E-state index contributed by atoms with van der Waals surface area (Å²) in [6, 6.07) is 9.81. The Kier molecular flexibility index (Phi) is 6.12. The number of epoxide rings is 1. The average Bonchev–Trinajstić information content (AvgIpc) is 3.46. The van der Waals surface area contributed by atoms with Crippen molar-refractivity contribution in [1.82, 2.24) is 5.32 Å². The van der Waals surface area contributed by atoms with Crippen molar-refractivity contribution in [2.45, 2.75) is 69.8 Å². The van der Waals surface area contributed by atoms with Crippen LogP contribution in [0.25, 0.3) is 0 Å². The van der Waals surface area contributed by atoms with Gasteiger partial charge in [-0.05, 0) is 37.7 Å². The van der Waals surface area contributed by atoms with E-state index in [1.165, 1.54) is 0 Å². The predicted octanol–water partition coefficient (Wildman–Crippen LogP) is 2.60. The lowest BCUT2D eigenvalue weighted by Gasteiger charge is -2.46. The normalized spacial score (nSPS) is 44.0. The lowest BCUT2D eigenvalue weighted by molar-refractivity contribution is -0.182. The van der Waals surface area contributed by atoms with Crippen LogP contribution in [0.5, 0.6) is 0 Å². The van der Waals surface area contributed by atoms with Gasteiger partial charge in [-0.1, -0.05) is 56.3 Å². The van der Waals surface area contributed by atoms with Crippen molar-refractivity contribution in [3.05, 3.63) is 48.0 Å². The van der Waals surface area contributed by atoms with Crippen molar-refractivity contribution in [1.29, 1.82) is 0 Å². The van der Waals surface area contributed by atoms with Gasteiger partial charge in [-0.15, -0.1) is 0 Å². The Balaban J connectivity index is 1.56. The molecular formula is C28H35NO6. The predicted molar refractivity (Wildman–Crippen MR) is 128 cm³/mol. The zero-order valence-corrected chi connectivity index (χ0v) is 20.6. The molecule has 0 radical (unpaired) electrons. The molecule has 3 fully saturated rings. The monoisotopic (exact) mass is 481 g/mol. The molecule has 1 amide bonds. The number of esters is 1. The summed E-state index contributed by atoms with van der Waals surface area (Å²) in [5, 5.41) is 13.0. The SMILES string of the molecule is CC1CCC(=O)OC23C(=O)NC(Cc4ccccc4)C2C(C)C2(C)OC2C3/C=C/CC(CO)C1=O. The van der Waals surface area contributed by atoms with Crippen molar-refractivity contribution in [3.63, 3.8) is 0 Å². The molecule has 1 spiro atoms. The number of nitrogens with one attached hydrogen (secondary N) is 1. The first-order valence-electron chi connectivity index (χ1n) is 12.8. The number of carbonyl (C=O) groups is 3. The van der Waals surface area contributed by atoms with E-state index in [2.05, 4.69) is 19.2 Å². The summed E-state index contributed by atoms with van der Waals surface area (Å²) in [6.45, 7) is 5.70. The van der Waals surface area contributed by atoms with Gasteiger partial charge in [-0.2, -0.15) is 0 Å². The number of aliphatic hydroxyl groups is 1. The van der Waals surface area contributed by atoms with E-state index in [1.54, 1.807) is 6.92 Å². The van der Waals surface area contributed by atoms with E-state index in [4.69, 9.17) is 9.47 Å². The molecule has 35 heavy (non-hydrogen) atoms. The van der Waals surface area contributed by atoms with Crippen LogP contribution in [0.1, 0.15) is 45.6 Å². The number of fused-ring (bicyclic) bond motifs is 2. The second-order valence-electron chi connectivity index (χ2n) is 11.0. The van der Waals surface area contributed by atoms with E-state index in [0.29, 0.717) is 19.3 Å². The molecule has 1 aromatic carbocycles. The summed E-state index contributed by atoms with van der Waals surface area (Å²) in [6.07, 6.45) is 4.88. The minimum Gasteiger partial charge on any atom is -0.448 e. The Labute approximate surface area is 206 Å². The molecule has 5 rings (SSSR count). The molecule has 1 aromatic rings. The van der Waals surface area contributed by atoms with Crippen LogP contribution in [0.2, 0.25) is 0 Å². The lowest BCUT2D eigenvalue weighted by Crippen LogP contribution is -2.61. The van der Waals surface area contributed by atoms with Gasteiger partial charge in [-0.3, -0.25) is 14.4 Å². The topological polar surface area (TPSA) is 105 Å². The van der Waals surface area contributed by atoms with Gasteiger partial charge in [0.2, 0.25) is 5.60 Å². The van der Waals surface area contributed by atoms with E-state index in [9.17, 15) is 19.5 Å².